The van der Waals surface area contributed by atoms with Crippen molar-refractivity contribution in [1.82, 2.24) is 0 Å². The zero-order chi connectivity index (χ0) is 26.8. The molecule has 4 rings (SSSR count). The predicted molar refractivity (Wildman–Crippen MR) is 128 cm³/mol. The summed E-state index contributed by atoms with van der Waals surface area (Å²) in [6.07, 6.45) is 3.38. The molecule has 0 bridgehead atoms. The minimum atomic E-state index is -3.13. The summed E-state index contributed by atoms with van der Waals surface area (Å²) in [6, 6.07) is 0. The normalized spacial score (nSPS) is 35.2. The third-order valence-electron chi connectivity index (χ3n) is 5.81. The van der Waals surface area contributed by atoms with Gasteiger partial charge in [-0.3, -0.25) is 9.13 Å². The van der Waals surface area contributed by atoms with E-state index in [2.05, 4.69) is 0 Å². The maximum atomic E-state index is 11.8. The molecule has 0 radical (unpaired) electrons. The molecule has 4 heterocycles. The van der Waals surface area contributed by atoms with E-state index in [9.17, 15) is 9.13 Å². The van der Waals surface area contributed by atoms with Gasteiger partial charge in [0.2, 0.25) is 0 Å². The first-order valence-electron chi connectivity index (χ1n) is 11.6. The van der Waals surface area contributed by atoms with Gasteiger partial charge in [0, 0.05) is 52.9 Å². The Morgan fingerprint density at radius 3 is 1.25 bits per heavy atom. The van der Waals surface area contributed by atoms with E-state index in [0.717, 1.165) is 0 Å². The average molecular weight is 556 g/mol. The van der Waals surface area contributed by atoms with Crippen molar-refractivity contribution in [3.8, 4) is 0 Å². The molecule has 0 amide bonds. The summed E-state index contributed by atoms with van der Waals surface area (Å²) in [5, 5.41) is 0. The molecule has 4 saturated heterocycles. The Morgan fingerprint density at radius 1 is 0.639 bits per heavy atom. The van der Waals surface area contributed by atoms with Gasteiger partial charge in [0.05, 0.1) is 12.2 Å². The molecule has 0 aromatic carbocycles. The Kier molecular flexibility index (Phi) is 9.81. The fraction of sp³-hybridized carbons (Fsp3) is 0.818. The highest BCUT2D eigenvalue weighted by atomic mass is 31.2. The van der Waals surface area contributed by atoms with E-state index in [1.54, 1.807) is 12.2 Å². The molecule has 0 aromatic rings. The predicted octanol–water partition coefficient (Wildman–Crippen LogP) is 4.51. The molecule has 0 spiro atoms. The van der Waals surface area contributed by atoms with E-state index >= 15 is 0 Å². The third kappa shape index (κ3) is 7.79. The number of fused-ring (bicyclic) bond motifs is 2. The molecule has 36 heavy (non-hydrogen) atoms. The van der Waals surface area contributed by atoms with Crippen molar-refractivity contribution < 1.29 is 55.6 Å². The first-order chi connectivity index (χ1) is 16.7. The van der Waals surface area contributed by atoms with Gasteiger partial charge in [-0.2, -0.15) is 0 Å². The van der Waals surface area contributed by atoms with Crippen molar-refractivity contribution in [3.63, 3.8) is 0 Å². The molecule has 4 fully saturated rings. The molecule has 2 unspecified atom stereocenters. The fourth-order valence-electron chi connectivity index (χ4n) is 4.11. The second-order valence-electron chi connectivity index (χ2n) is 9.40. The average Bonchev–Trinajstić information content (AvgIpc) is 3.52. The van der Waals surface area contributed by atoms with Crippen molar-refractivity contribution in [3.05, 3.63) is 23.8 Å². The van der Waals surface area contributed by atoms with Crippen LogP contribution >= 0.6 is 15.2 Å². The summed E-state index contributed by atoms with van der Waals surface area (Å²) in [7, 11) is -0.899. The molecule has 0 aromatic heterocycles. The van der Waals surface area contributed by atoms with Crippen LogP contribution in [0.2, 0.25) is 0 Å². The molecule has 208 valence electrons. The minimum Gasteiger partial charge on any atom is -0.342 e. The first-order valence-corrected chi connectivity index (χ1v) is 14.8. The largest absolute Gasteiger partial charge is 0.353 e. The number of hydrogen-bond donors (Lipinski definition) is 0. The van der Waals surface area contributed by atoms with Crippen LogP contribution in [0.25, 0.3) is 0 Å². The topological polar surface area (TPSA) is 126 Å². The quantitative estimate of drug-likeness (QED) is 0.391. The lowest BCUT2D eigenvalue weighted by atomic mass is 10.2. The van der Waals surface area contributed by atoms with Crippen LogP contribution in [0.5, 0.6) is 0 Å². The molecule has 4 aliphatic heterocycles. The molecule has 6 atom stereocenters. The highest BCUT2D eigenvalue weighted by Gasteiger charge is 2.49. The lowest BCUT2D eigenvalue weighted by Gasteiger charge is -2.19. The molecule has 12 nitrogen and oxygen atoms in total. The summed E-state index contributed by atoms with van der Waals surface area (Å²) < 4.78 is 76.6. The second kappa shape index (κ2) is 11.7. The molecule has 0 N–H and O–H groups in total. The Balaban J connectivity index is 0.000000201. The SMILES string of the molecule is COP(=O)(/C=C/[C@@H]1C[C@H]2OC(C)(C)OC2O1)OC.COP(=O)(/C=C/[C@@H]1C[C@H]2OC(C)(C)OC2O1)OC. The highest BCUT2D eigenvalue weighted by molar-refractivity contribution is 7.57. The van der Waals surface area contributed by atoms with Gasteiger partial charge in [0.15, 0.2) is 24.2 Å². The van der Waals surface area contributed by atoms with Crippen molar-refractivity contribution in [2.24, 2.45) is 0 Å². The smallest absolute Gasteiger partial charge is 0.342 e. The molecule has 14 heteroatoms. The lowest BCUT2D eigenvalue weighted by molar-refractivity contribution is -0.200. The summed E-state index contributed by atoms with van der Waals surface area (Å²) in [4.78, 5) is 0. The Hall–Kier alpha value is -0.460. The van der Waals surface area contributed by atoms with E-state index in [4.69, 9.17) is 46.5 Å². The van der Waals surface area contributed by atoms with E-state index in [1.165, 1.54) is 40.1 Å². The van der Waals surface area contributed by atoms with Crippen molar-refractivity contribution in [2.45, 2.75) is 89.1 Å². The Labute approximate surface area is 212 Å². The van der Waals surface area contributed by atoms with Gasteiger partial charge in [-0.05, 0) is 39.8 Å². The maximum Gasteiger partial charge on any atom is 0.353 e. The summed E-state index contributed by atoms with van der Waals surface area (Å²) >= 11 is 0. The van der Waals surface area contributed by atoms with Crippen LogP contribution < -0.4 is 0 Å². The van der Waals surface area contributed by atoms with E-state index < -0.39 is 26.8 Å². The monoisotopic (exact) mass is 556 g/mol. The van der Waals surface area contributed by atoms with E-state index in [1.807, 2.05) is 27.7 Å². The van der Waals surface area contributed by atoms with Crippen molar-refractivity contribution >= 4 is 15.2 Å². The zero-order valence-corrected chi connectivity index (χ0v) is 23.8. The number of hydrogen-bond acceptors (Lipinski definition) is 12. The van der Waals surface area contributed by atoms with E-state index in [0.29, 0.717) is 12.8 Å². The van der Waals surface area contributed by atoms with Gasteiger partial charge in [0.25, 0.3) is 0 Å². The van der Waals surface area contributed by atoms with Crippen LogP contribution in [0.15, 0.2) is 23.8 Å². The maximum absolute atomic E-state index is 11.8. The summed E-state index contributed by atoms with van der Waals surface area (Å²) in [5.41, 5.74) is 0. The van der Waals surface area contributed by atoms with Gasteiger partial charge in [0.1, 0.15) is 12.2 Å². The molecule has 0 aliphatic carbocycles. The minimum absolute atomic E-state index is 0.0841. The van der Waals surface area contributed by atoms with Crippen LogP contribution in [-0.2, 0) is 55.6 Å². The summed E-state index contributed by atoms with van der Waals surface area (Å²) in [6.45, 7) is 7.40. The zero-order valence-electron chi connectivity index (χ0n) is 22.0. The Morgan fingerprint density at radius 2 is 0.972 bits per heavy atom. The van der Waals surface area contributed by atoms with Gasteiger partial charge in [-0.1, -0.05) is 0 Å². The first kappa shape index (κ1) is 30.1. The van der Waals surface area contributed by atoms with Gasteiger partial charge in [-0.25, -0.2) is 0 Å². The van der Waals surface area contributed by atoms with E-state index in [-0.39, 0.29) is 37.0 Å². The number of ether oxygens (including phenoxy) is 6. The second-order valence-corrected chi connectivity index (χ2v) is 13.6. The Bertz CT molecular complexity index is 783. The van der Waals surface area contributed by atoms with Gasteiger partial charge >= 0.3 is 15.2 Å². The number of rotatable bonds is 8. The third-order valence-corrected chi connectivity index (χ3v) is 8.92. The highest BCUT2D eigenvalue weighted by Crippen LogP contribution is 2.49. The molecular formula is C22H38O12P2. The fourth-order valence-corrected chi connectivity index (χ4v) is 5.70. The standard InChI is InChI=1S/2C11H19O6P/c2*1-11(2)16-9-7-8(15-10(9)17-11)5-6-18(12,13-3)14-4/h2*5-6,8-10H,7H2,1-4H3/b2*6-5+/t2*8-,9-,10?/m11/s1. The summed E-state index contributed by atoms with van der Waals surface area (Å²) in [5.74, 6) is 1.62. The lowest BCUT2D eigenvalue weighted by Crippen LogP contribution is -2.24. The molecule has 4 aliphatic rings. The van der Waals surface area contributed by atoms with Crippen molar-refractivity contribution in [2.75, 3.05) is 28.4 Å². The van der Waals surface area contributed by atoms with Crippen LogP contribution in [0.3, 0.4) is 0 Å². The van der Waals surface area contributed by atoms with Crippen LogP contribution in [0, 0.1) is 0 Å². The van der Waals surface area contributed by atoms with Crippen LogP contribution in [0.4, 0.5) is 0 Å². The van der Waals surface area contributed by atoms with Crippen LogP contribution in [0.1, 0.15) is 40.5 Å². The van der Waals surface area contributed by atoms with Gasteiger partial charge in [-0.15, -0.1) is 0 Å². The van der Waals surface area contributed by atoms with Gasteiger partial charge < -0.3 is 46.5 Å². The van der Waals surface area contributed by atoms with Crippen molar-refractivity contribution in [1.29, 1.82) is 0 Å². The molecule has 0 saturated carbocycles. The van der Waals surface area contributed by atoms with Crippen LogP contribution in [-0.4, -0.2) is 77.0 Å². The molecular weight excluding hydrogens is 518 g/mol.